The molecule has 4 nitrogen and oxygen atoms in total. The van der Waals surface area contributed by atoms with Crippen LogP contribution in [0.15, 0.2) is 11.6 Å². The van der Waals surface area contributed by atoms with E-state index in [1.54, 1.807) is 7.11 Å². The lowest BCUT2D eigenvalue weighted by molar-refractivity contribution is -0.176. The first-order valence-electron chi connectivity index (χ1n) is 4.58. The topological polar surface area (TPSA) is 44.8 Å². The molecule has 14 heavy (non-hydrogen) atoms. The first-order chi connectivity index (χ1) is 6.54. The van der Waals surface area contributed by atoms with E-state index in [1.165, 1.54) is 6.92 Å². The van der Waals surface area contributed by atoms with Crippen LogP contribution in [0, 0.1) is 0 Å². The zero-order valence-electron chi connectivity index (χ0n) is 8.94. The summed E-state index contributed by atoms with van der Waals surface area (Å²) < 4.78 is 15.6. The molecule has 0 aromatic carbocycles. The van der Waals surface area contributed by atoms with Crippen molar-refractivity contribution in [2.75, 3.05) is 7.11 Å². The fourth-order valence-corrected chi connectivity index (χ4v) is 1.49. The minimum atomic E-state index is -0.336. The number of carbonyl (C=O) groups excluding carboxylic acids is 1. The van der Waals surface area contributed by atoms with E-state index in [0.29, 0.717) is 0 Å². The Morgan fingerprint density at radius 2 is 2.21 bits per heavy atom. The number of carbonyl (C=O) groups is 1. The van der Waals surface area contributed by atoms with Crippen molar-refractivity contribution in [3.8, 4) is 0 Å². The standard InChI is InChI=1S/C10H16O4/c1-6-5-9(12-4)13-7(2)10(6)14-8(3)11/h5,7,9-10H,1-4H3/t7-,9+,10+/m0/s1. The van der Waals surface area contributed by atoms with Crippen LogP contribution >= 0.6 is 0 Å². The number of methoxy groups -OCH3 is 1. The van der Waals surface area contributed by atoms with Crippen LogP contribution in [-0.4, -0.2) is 31.6 Å². The number of ether oxygens (including phenoxy) is 3. The van der Waals surface area contributed by atoms with E-state index in [1.807, 2.05) is 19.9 Å². The molecule has 0 saturated carbocycles. The van der Waals surface area contributed by atoms with Crippen LogP contribution in [0.25, 0.3) is 0 Å². The predicted molar refractivity (Wildman–Crippen MR) is 50.7 cm³/mol. The molecule has 0 aromatic rings. The van der Waals surface area contributed by atoms with E-state index in [0.717, 1.165) is 5.57 Å². The van der Waals surface area contributed by atoms with Gasteiger partial charge in [-0.05, 0) is 25.5 Å². The third-order valence-electron chi connectivity index (χ3n) is 2.15. The van der Waals surface area contributed by atoms with Gasteiger partial charge in [0.1, 0.15) is 6.10 Å². The van der Waals surface area contributed by atoms with Crippen molar-refractivity contribution in [3.63, 3.8) is 0 Å². The first-order valence-corrected chi connectivity index (χ1v) is 4.58. The van der Waals surface area contributed by atoms with E-state index < -0.39 is 0 Å². The number of hydrogen-bond donors (Lipinski definition) is 0. The molecule has 0 amide bonds. The Morgan fingerprint density at radius 1 is 1.57 bits per heavy atom. The fourth-order valence-electron chi connectivity index (χ4n) is 1.49. The zero-order valence-corrected chi connectivity index (χ0v) is 8.94. The Labute approximate surface area is 83.8 Å². The Morgan fingerprint density at radius 3 is 2.64 bits per heavy atom. The SMILES string of the molecule is CO[C@H]1C=C(C)[C@@H](OC(C)=O)[C@H](C)O1. The number of rotatable bonds is 2. The van der Waals surface area contributed by atoms with Crippen LogP contribution < -0.4 is 0 Å². The minimum Gasteiger partial charge on any atom is -0.455 e. The normalized spacial score (nSPS) is 32.3. The zero-order chi connectivity index (χ0) is 10.7. The molecular formula is C10H16O4. The Hall–Kier alpha value is -0.870. The van der Waals surface area contributed by atoms with Crippen molar-refractivity contribution in [1.29, 1.82) is 0 Å². The monoisotopic (exact) mass is 200 g/mol. The van der Waals surface area contributed by atoms with E-state index in [2.05, 4.69) is 0 Å². The number of esters is 1. The van der Waals surface area contributed by atoms with Gasteiger partial charge in [-0.3, -0.25) is 4.79 Å². The quantitative estimate of drug-likeness (QED) is 0.497. The summed E-state index contributed by atoms with van der Waals surface area (Å²) in [4.78, 5) is 10.8. The van der Waals surface area contributed by atoms with Gasteiger partial charge in [0, 0.05) is 14.0 Å². The van der Waals surface area contributed by atoms with Crippen LogP contribution in [0.4, 0.5) is 0 Å². The minimum absolute atomic E-state index is 0.172. The van der Waals surface area contributed by atoms with Gasteiger partial charge in [0.05, 0.1) is 6.10 Å². The number of hydrogen-bond acceptors (Lipinski definition) is 4. The van der Waals surface area contributed by atoms with Gasteiger partial charge in [-0.2, -0.15) is 0 Å². The van der Waals surface area contributed by atoms with Gasteiger partial charge in [0.15, 0.2) is 6.29 Å². The Balaban J connectivity index is 2.72. The van der Waals surface area contributed by atoms with Gasteiger partial charge in [-0.1, -0.05) is 0 Å². The maximum absolute atomic E-state index is 10.8. The Kier molecular flexibility index (Phi) is 3.66. The van der Waals surface area contributed by atoms with Crippen molar-refractivity contribution in [2.24, 2.45) is 0 Å². The fraction of sp³-hybridized carbons (Fsp3) is 0.700. The molecule has 0 N–H and O–H groups in total. The van der Waals surface area contributed by atoms with Crippen LogP contribution in [-0.2, 0) is 19.0 Å². The molecule has 1 rings (SSSR count). The van der Waals surface area contributed by atoms with Gasteiger partial charge in [0.2, 0.25) is 0 Å². The summed E-state index contributed by atoms with van der Waals surface area (Å²) >= 11 is 0. The molecule has 0 aromatic heterocycles. The molecule has 1 aliphatic heterocycles. The molecule has 0 bridgehead atoms. The summed E-state index contributed by atoms with van der Waals surface area (Å²) in [5.41, 5.74) is 0.964. The molecule has 80 valence electrons. The third kappa shape index (κ3) is 2.56. The second kappa shape index (κ2) is 4.57. The summed E-state index contributed by atoms with van der Waals surface area (Å²) in [6, 6.07) is 0. The van der Waals surface area contributed by atoms with Gasteiger partial charge in [-0.25, -0.2) is 0 Å². The summed E-state index contributed by atoms with van der Waals surface area (Å²) in [6.45, 7) is 5.15. The Bertz CT molecular complexity index is 247. The summed E-state index contributed by atoms with van der Waals surface area (Å²) in [6.07, 6.45) is 1.01. The van der Waals surface area contributed by atoms with Crippen molar-refractivity contribution < 1.29 is 19.0 Å². The van der Waals surface area contributed by atoms with Gasteiger partial charge >= 0.3 is 5.97 Å². The summed E-state index contributed by atoms with van der Waals surface area (Å²) in [5.74, 6) is -0.297. The molecule has 0 saturated heterocycles. The molecule has 3 atom stereocenters. The van der Waals surface area contributed by atoms with Crippen molar-refractivity contribution in [1.82, 2.24) is 0 Å². The molecule has 0 radical (unpaired) electrons. The van der Waals surface area contributed by atoms with Crippen LogP contribution in [0.1, 0.15) is 20.8 Å². The largest absolute Gasteiger partial charge is 0.455 e. The average Bonchev–Trinajstić information content (AvgIpc) is 2.10. The van der Waals surface area contributed by atoms with Crippen molar-refractivity contribution in [2.45, 2.75) is 39.3 Å². The molecule has 0 aliphatic carbocycles. The summed E-state index contributed by atoms with van der Waals surface area (Å²) in [7, 11) is 1.58. The molecule has 4 heteroatoms. The molecule has 0 unspecified atom stereocenters. The second-order valence-electron chi connectivity index (χ2n) is 3.39. The first kappa shape index (κ1) is 11.2. The van der Waals surface area contributed by atoms with Gasteiger partial charge in [-0.15, -0.1) is 0 Å². The van der Waals surface area contributed by atoms with Crippen LogP contribution in [0.5, 0.6) is 0 Å². The molecular weight excluding hydrogens is 184 g/mol. The maximum atomic E-state index is 10.8. The smallest absolute Gasteiger partial charge is 0.303 e. The summed E-state index contributed by atoms with van der Waals surface area (Å²) in [5, 5.41) is 0. The average molecular weight is 200 g/mol. The van der Waals surface area contributed by atoms with Crippen molar-refractivity contribution >= 4 is 5.97 Å². The van der Waals surface area contributed by atoms with E-state index in [9.17, 15) is 4.79 Å². The van der Waals surface area contributed by atoms with E-state index in [4.69, 9.17) is 14.2 Å². The lowest BCUT2D eigenvalue weighted by atomic mass is 10.0. The molecule has 0 fully saturated rings. The van der Waals surface area contributed by atoms with E-state index >= 15 is 0 Å². The highest BCUT2D eigenvalue weighted by Crippen LogP contribution is 2.22. The third-order valence-corrected chi connectivity index (χ3v) is 2.15. The maximum Gasteiger partial charge on any atom is 0.303 e. The second-order valence-corrected chi connectivity index (χ2v) is 3.39. The highest BCUT2D eigenvalue weighted by atomic mass is 16.7. The molecule has 1 heterocycles. The van der Waals surface area contributed by atoms with Crippen molar-refractivity contribution in [3.05, 3.63) is 11.6 Å². The van der Waals surface area contributed by atoms with E-state index in [-0.39, 0.29) is 24.5 Å². The van der Waals surface area contributed by atoms with Crippen LogP contribution in [0.2, 0.25) is 0 Å². The lowest BCUT2D eigenvalue weighted by Crippen LogP contribution is -2.39. The predicted octanol–water partition coefficient (Wildman–Crippen LogP) is 1.26. The van der Waals surface area contributed by atoms with Crippen LogP contribution in [0.3, 0.4) is 0 Å². The molecule has 1 aliphatic rings. The lowest BCUT2D eigenvalue weighted by Gasteiger charge is -2.31. The highest BCUT2D eigenvalue weighted by Gasteiger charge is 2.29. The van der Waals surface area contributed by atoms with Gasteiger partial charge < -0.3 is 14.2 Å². The molecule has 0 spiro atoms. The highest BCUT2D eigenvalue weighted by molar-refractivity contribution is 5.66. The van der Waals surface area contributed by atoms with Gasteiger partial charge in [0.25, 0.3) is 0 Å².